The van der Waals surface area contributed by atoms with Crippen molar-refractivity contribution in [1.82, 2.24) is 4.90 Å². The van der Waals surface area contributed by atoms with Gasteiger partial charge in [-0.1, -0.05) is 48.5 Å². The monoisotopic (exact) mass is 467 g/mol. The summed E-state index contributed by atoms with van der Waals surface area (Å²) >= 11 is 0. The number of fused-ring (bicyclic) bond motifs is 2. The molecule has 2 aliphatic rings. The number of nitro groups is 2. The summed E-state index contributed by atoms with van der Waals surface area (Å²) in [7, 11) is 0. The van der Waals surface area contributed by atoms with Gasteiger partial charge in [-0.05, 0) is 47.4 Å². The summed E-state index contributed by atoms with van der Waals surface area (Å²) in [5.74, 6) is 0.0713. The van der Waals surface area contributed by atoms with Crippen LogP contribution in [0.2, 0.25) is 0 Å². The van der Waals surface area contributed by atoms with Crippen LogP contribution in [-0.2, 0) is 4.79 Å². The Morgan fingerprint density at radius 1 is 0.886 bits per heavy atom. The number of non-ortho nitro benzene ring substituents is 2. The first-order chi connectivity index (χ1) is 16.9. The minimum Gasteiger partial charge on any atom is -0.354 e. The van der Waals surface area contributed by atoms with Crippen molar-refractivity contribution in [3.8, 4) is 0 Å². The molecule has 8 nitrogen and oxygen atoms in total. The highest BCUT2D eigenvalue weighted by Gasteiger charge is 2.46. The zero-order chi connectivity index (χ0) is 24.5. The number of hydrogen-bond acceptors (Lipinski definition) is 6. The molecule has 0 amide bonds. The normalized spacial score (nSPS) is 21.3. The molecule has 1 fully saturated rings. The van der Waals surface area contributed by atoms with Crippen LogP contribution in [0.15, 0.2) is 91.0 Å². The third kappa shape index (κ3) is 4.21. The van der Waals surface area contributed by atoms with Crippen molar-refractivity contribution < 1.29 is 14.6 Å². The largest absolute Gasteiger partial charge is 0.354 e. The topological polar surface area (TPSA) is 107 Å². The van der Waals surface area contributed by atoms with Crippen LogP contribution in [0, 0.1) is 20.2 Å². The first kappa shape index (κ1) is 22.2. The van der Waals surface area contributed by atoms with E-state index in [1.54, 1.807) is 30.3 Å². The van der Waals surface area contributed by atoms with Gasteiger partial charge in [0.25, 0.3) is 11.4 Å². The first-order valence-corrected chi connectivity index (χ1v) is 11.2. The van der Waals surface area contributed by atoms with Crippen molar-refractivity contribution in [1.29, 1.82) is 0 Å². The standard InChI is InChI=1S/C27H21N3O5/c31-27-14-13-24-23(19-6-2-1-3-7-19)17-26(27)28(24)25(20-9-11-21(12-10-20)29(32)33)16-18-5-4-8-22(15-18)30(34)35/h1-16,23-24,26H,17H2. The molecule has 3 atom stereocenters. The zero-order valence-electron chi connectivity index (χ0n) is 18.6. The van der Waals surface area contributed by atoms with Crippen molar-refractivity contribution in [2.24, 2.45) is 0 Å². The van der Waals surface area contributed by atoms with Gasteiger partial charge in [0.15, 0.2) is 5.78 Å². The molecule has 2 bridgehead atoms. The van der Waals surface area contributed by atoms with Gasteiger partial charge in [-0.25, -0.2) is 0 Å². The molecule has 3 aromatic carbocycles. The van der Waals surface area contributed by atoms with Crippen molar-refractivity contribution in [3.63, 3.8) is 0 Å². The summed E-state index contributed by atoms with van der Waals surface area (Å²) < 4.78 is 0. The van der Waals surface area contributed by atoms with Crippen LogP contribution in [0.5, 0.6) is 0 Å². The van der Waals surface area contributed by atoms with E-state index in [1.807, 2.05) is 30.4 Å². The molecule has 0 aliphatic carbocycles. The first-order valence-electron chi connectivity index (χ1n) is 11.2. The van der Waals surface area contributed by atoms with E-state index in [2.05, 4.69) is 17.0 Å². The minimum absolute atomic E-state index is 0.00784. The summed E-state index contributed by atoms with van der Waals surface area (Å²) in [6, 6.07) is 21.9. The van der Waals surface area contributed by atoms with E-state index in [0.717, 1.165) is 5.56 Å². The Morgan fingerprint density at radius 3 is 2.29 bits per heavy atom. The predicted molar refractivity (Wildman–Crippen MR) is 131 cm³/mol. The molecule has 2 aliphatic heterocycles. The summed E-state index contributed by atoms with van der Waals surface area (Å²) in [5, 5.41) is 22.5. The predicted octanol–water partition coefficient (Wildman–Crippen LogP) is 5.37. The van der Waals surface area contributed by atoms with Crippen molar-refractivity contribution in [2.45, 2.75) is 24.4 Å². The quantitative estimate of drug-likeness (QED) is 0.274. The number of rotatable bonds is 6. The Hall–Kier alpha value is -4.59. The number of nitrogens with zero attached hydrogens (tertiary/aromatic N) is 3. The molecule has 0 spiro atoms. The van der Waals surface area contributed by atoms with Gasteiger partial charge in [-0.15, -0.1) is 0 Å². The number of ketones is 1. The van der Waals surface area contributed by atoms with Crippen molar-refractivity contribution >= 4 is 28.9 Å². The van der Waals surface area contributed by atoms with Crippen LogP contribution in [0.4, 0.5) is 11.4 Å². The van der Waals surface area contributed by atoms with Crippen LogP contribution in [0.3, 0.4) is 0 Å². The van der Waals surface area contributed by atoms with E-state index in [4.69, 9.17) is 0 Å². The van der Waals surface area contributed by atoms with Crippen LogP contribution >= 0.6 is 0 Å². The summed E-state index contributed by atoms with van der Waals surface area (Å²) in [6.45, 7) is 0. The lowest BCUT2D eigenvalue weighted by Gasteiger charge is -2.36. The lowest BCUT2D eigenvalue weighted by atomic mass is 9.91. The maximum Gasteiger partial charge on any atom is 0.270 e. The fourth-order valence-corrected chi connectivity index (χ4v) is 4.99. The van der Waals surface area contributed by atoms with Gasteiger partial charge in [0.1, 0.15) is 0 Å². The molecular weight excluding hydrogens is 446 g/mol. The Bertz CT molecular complexity index is 1370. The van der Waals surface area contributed by atoms with E-state index >= 15 is 0 Å². The van der Waals surface area contributed by atoms with Crippen molar-refractivity contribution in [3.05, 3.63) is 128 Å². The lowest BCUT2D eigenvalue weighted by molar-refractivity contribution is -0.385. The van der Waals surface area contributed by atoms with E-state index < -0.39 is 15.9 Å². The highest BCUT2D eigenvalue weighted by Crippen LogP contribution is 2.45. The molecule has 0 radical (unpaired) electrons. The van der Waals surface area contributed by atoms with Crippen LogP contribution < -0.4 is 0 Å². The summed E-state index contributed by atoms with van der Waals surface area (Å²) in [4.78, 5) is 36.6. The summed E-state index contributed by atoms with van der Waals surface area (Å²) in [6.07, 6.45) is 5.99. The molecule has 1 saturated heterocycles. The van der Waals surface area contributed by atoms with Gasteiger partial charge in [-0.2, -0.15) is 0 Å². The van der Waals surface area contributed by atoms with Gasteiger partial charge >= 0.3 is 0 Å². The fourth-order valence-electron chi connectivity index (χ4n) is 4.99. The van der Waals surface area contributed by atoms with E-state index in [9.17, 15) is 25.0 Å². The second kappa shape index (κ2) is 8.98. The van der Waals surface area contributed by atoms with E-state index in [1.165, 1.54) is 24.3 Å². The maximum atomic E-state index is 13.0. The molecule has 0 aromatic heterocycles. The second-order valence-corrected chi connectivity index (χ2v) is 8.61. The Labute approximate surface area is 201 Å². The number of benzene rings is 3. The van der Waals surface area contributed by atoms with Crippen molar-refractivity contribution in [2.75, 3.05) is 0 Å². The van der Waals surface area contributed by atoms with Crippen LogP contribution in [-0.4, -0.2) is 32.6 Å². The fraction of sp³-hybridized carbons (Fsp3) is 0.148. The Morgan fingerprint density at radius 2 is 1.60 bits per heavy atom. The van der Waals surface area contributed by atoms with Gasteiger partial charge in [0.05, 0.1) is 21.9 Å². The molecule has 0 N–H and O–H groups in total. The minimum atomic E-state index is -0.462. The number of carbonyl (C=O) groups is 1. The molecule has 174 valence electrons. The maximum absolute atomic E-state index is 13.0. The Balaban J connectivity index is 1.64. The van der Waals surface area contributed by atoms with Gasteiger partial charge < -0.3 is 4.90 Å². The number of hydrogen-bond donors (Lipinski definition) is 0. The Kier molecular flexibility index (Phi) is 5.70. The highest BCUT2D eigenvalue weighted by molar-refractivity contribution is 5.98. The zero-order valence-corrected chi connectivity index (χ0v) is 18.6. The molecular formula is C27H21N3O5. The SMILES string of the molecule is O=C1C=CC2C(c3ccccc3)CC1N2C(=Cc1cccc([N+](=O)[O-])c1)c1ccc([N+](=O)[O-])cc1. The number of carbonyl (C=O) groups excluding carboxylic acids is 1. The number of nitro benzene ring substituents is 2. The average molecular weight is 467 g/mol. The van der Waals surface area contributed by atoms with Gasteiger partial charge in [0.2, 0.25) is 0 Å². The molecule has 8 heteroatoms. The molecule has 35 heavy (non-hydrogen) atoms. The summed E-state index contributed by atoms with van der Waals surface area (Å²) in [5.41, 5.74) is 3.03. The van der Waals surface area contributed by atoms with Gasteiger partial charge in [0, 0.05) is 35.9 Å². The smallest absolute Gasteiger partial charge is 0.270 e. The third-order valence-electron chi connectivity index (χ3n) is 6.60. The molecule has 5 rings (SSSR count). The second-order valence-electron chi connectivity index (χ2n) is 8.61. The highest BCUT2D eigenvalue weighted by atomic mass is 16.6. The van der Waals surface area contributed by atoms with Crippen LogP contribution in [0.1, 0.15) is 29.0 Å². The van der Waals surface area contributed by atoms with E-state index in [-0.39, 0.29) is 29.1 Å². The lowest BCUT2D eigenvalue weighted by Crippen LogP contribution is -2.41. The molecule has 3 unspecified atom stereocenters. The van der Waals surface area contributed by atoms with Crippen LogP contribution in [0.25, 0.3) is 11.8 Å². The average Bonchev–Trinajstić information content (AvgIpc) is 3.17. The van der Waals surface area contributed by atoms with E-state index in [0.29, 0.717) is 23.2 Å². The molecule has 3 aromatic rings. The molecule has 2 heterocycles. The third-order valence-corrected chi connectivity index (χ3v) is 6.60. The van der Waals surface area contributed by atoms with Gasteiger partial charge in [-0.3, -0.25) is 25.0 Å². The molecule has 0 saturated carbocycles.